The van der Waals surface area contributed by atoms with Crippen LogP contribution in [-0.4, -0.2) is 62.9 Å². The molecule has 31 heavy (non-hydrogen) atoms. The molecule has 0 spiro atoms. The van der Waals surface area contributed by atoms with Gasteiger partial charge >= 0.3 is 0 Å². The van der Waals surface area contributed by atoms with Gasteiger partial charge in [0, 0.05) is 60.0 Å². The van der Waals surface area contributed by atoms with Crippen molar-refractivity contribution in [3.8, 4) is 0 Å². The Bertz CT molecular complexity index is 1060. The van der Waals surface area contributed by atoms with Gasteiger partial charge in [0.25, 0.3) is 0 Å². The summed E-state index contributed by atoms with van der Waals surface area (Å²) in [4.78, 5) is 12.3. The van der Waals surface area contributed by atoms with E-state index in [1.165, 1.54) is 32.2 Å². The summed E-state index contributed by atoms with van der Waals surface area (Å²) < 4.78 is 5.40. The zero-order chi connectivity index (χ0) is 20.8. The number of rotatable bonds is 6. The molecular weight excluding hydrogens is 390 g/mol. The van der Waals surface area contributed by atoms with Gasteiger partial charge in [-0.2, -0.15) is 5.10 Å². The largest absolute Gasteiger partial charge is 0.381 e. The molecule has 3 atom stereocenters. The van der Waals surface area contributed by atoms with Gasteiger partial charge in [-0.3, -0.25) is 15.0 Å². The minimum Gasteiger partial charge on any atom is -0.381 e. The molecule has 0 radical (unpaired) electrons. The van der Waals surface area contributed by atoms with E-state index in [1.807, 2.05) is 31.3 Å². The number of piperidine rings is 1. The van der Waals surface area contributed by atoms with Crippen molar-refractivity contribution in [2.24, 2.45) is 5.92 Å². The number of nitrogens with one attached hydrogen (secondary N) is 3. The van der Waals surface area contributed by atoms with E-state index in [1.54, 1.807) is 0 Å². The highest BCUT2D eigenvalue weighted by molar-refractivity contribution is 5.91. The number of pyridine rings is 2. The minimum absolute atomic E-state index is 0.435. The number of aromatic amines is 1. The third kappa shape index (κ3) is 3.74. The number of ether oxygens (including phenoxy) is 1. The van der Waals surface area contributed by atoms with E-state index in [0.29, 0.717) is 18.1 Å². The summed E-state index contributed by atoms with van der Waals surface area (Å²) in [5.41, 5.74) is 1.94. The van der Waals surface area contributed by atoms with Crippen LogP contribution in [0.3, 0.4) is 0 Å². The van der Waals surface area contributed by atoms with Gasteiger partial charge in [0.1, 0.15) is 11.6 Å². The van der Waals surface area contributed by atoms with Crippen molar-refractivity contribution >= 4 is 28.4 Å². The van der Waals surface area contributed by atoms with Crippen molar-refractivity contribution in [3.05, 3.63) is 36.2 Å². The van der Waals surface area contributed by atoms with E-state index in [-0.39, 0.29) is 0 Å². The number of nitrogens with zero attached hydrogens (tertiary/aromatic N) is 4. The summed E-state index contributed by atoms with van der Waals surface area (Å²) in [5, 5.41) is 15.4. The molecule has 3 fully saturated rings. The van der Waals surface area contributed by atoms with Crippen molar-refractivity contribution in [1.29, 1.82) is 0 Å². The molecule has 2 bridgehead atoms. The Labute approximate surface area is 181 Å². The Kier molecular flexibility index (Phi) is 4.76. The predicted molar refractivity (Wildman–Crippen MR) is 121 cm³/mol. The second kappa shape index (κ2) is 7.76. The van der Waals surface area contributed by atoms with Crippen LogP contribution >= 0.6 is 0 Å². The monoisotopic (exact) mass is 419 g/mol. The lowest BCUT2D eigenvalue weighted by atomic mass is 9.95. The molecule has 8 nitrogen and oxygen atoms in total. The molecule has 2 unspecified atom stereocenters. The molecular formula is C23H29N7O. The molecule has 3 aliphatic rings. The molecule has 0 saturated carbocycles. The average Bonchev–Trinajstić information content (AvgIpc) is 3.23. The van der Waals surface area contributed by atoms with Gasteiger partial charge in [0.05, 0.1) is 18.7 Å². The second-order valence-electron chi connectivity index (χ2n) is 9.29. The number of fused-ring (bicyclic) bond motifs is 3. The van der Waals surface area contributed by atoms with Crippen LogP contribution in [0.2, 0.25) is 0 Å². The molecule has 3 N–H and O–H groups in total. The molecule has 0 aromatic carbocycles. The van der Waals surface area contributed by atoms with Crippen LogP contribution in [0.15, 0.2) is 30.5 Å². The van der Waals surface area contributed by atoms with Gasteiger partial charge in [0.2, 0.25) is 0 Å². The van der Waals surface area contributed by atoms with Crippen LogP contribution in [0, 0.1) is 12.8 Å². The highest BCUT2D eigenvalue weighted by Gasteiger charge is 2.42. The van der Waals surface area contributed by atoms with Crippen molar-refractivity contribution in [1.82, 2.24) is 25.1 Å². The van der Waals surface area contributed by atoms with E-state index in [2.05, 4.69) is 36.8 Å². The first kappa shape index (κ1) is 19.0. The Morgan fingerprint density at radius 2 is 2.00 bits per heavy atom. The minimum atomic E-state index is 0.435. The van der Waals surface area contributed by atoms with E-state index >= 15 is 0 Å². The fourth-order valence-electron chi connectivity index (χ4n) is 5.43. The number of hydrogen-bond donors (Lipinski definition) is 3. The Hall–Kier alpha value is -2.71. The topological polar surface area (TPSA) is 91.0 Å². The maximum Gasteiger partial charge on any atom is 0.153 e. The first-order valence-electron chi connectivity index (χ1n) is 11.4. The molecule has 0 aliphatic carbocycles. The van der Waals surface area contributed by atoms with Crippen molar-refractivity contribution in [3.63, 3.8) is 0 Å². The number of H-pyrrole nitrogens is 1. The highest BCUT2D eigenvalue weighted by Crippen LogP contribution is 2.38. The lowest BCUT2D eigenvalue weighted by Crippen LogP contribution is -2.51. The summed E-state index contributed by atoms with van der Waals surface area (Å²) >= 11 is 0. The SMILES string of the molecule is Cc1cc(Nc2cc3ncccc3c(NC3CC4CC[C@@H](C3)N4CC3COC3)n2)n[nH]1. The van der Waals surface area contributed by atoms with Gasteiger partial charge in [-0.25, -0.2) is 4.98 Å². The van der Waals surface area contributed by atoms with Gasteiger partial charge in [-0.05, 0) is 44.7 Å². The molecule has 6 rings (SSSR count). The van der Waals surface area contributed by atoms with Crippen LogP contribution in [-0.2, 0) is 4.74 Å². The molecule has 0 amide bonds. The standard InChI is InChI=1S/C23H29N7O/c1-14-7-22(29-28-14)26-21-10-20-19(3-2-6-24-20)23(27-21)25-16-8-17-4-5-18(9-16)30(17)11-15-12-31-13-15/h2-3,6-7,10,15-18H,4-5,8-9,11-13H2,1H3,(H3,25,26,27,28,29)/t16?,17-,18?/m0/s1. The van der Waals surface area contributed by atoms with E-state index in [9.17, 15) is 0 Å². The van der Waals surface area contributed by atoms with Crippen molar-refractivity contribution in [2.75, 3.05) is 30.4 Å². The second-order valence-corrected chi connectivity index (χ2v) is 9.29. The van der Waals surface area contributed by atoms with Crippen LogP contribution < -0.4 is 10.6 Å². The van der Waals surface area contributed by atoms with Crippen LogP contribution in [0.25, 0.3) is 10.9 Å². The predicted octanol–water partition coefficient (Wildman–Crippen LogP) is 3.46. The fourth-order valence-corrected chi connectivity index (χ4v) is 5.43. The van der Waals surface area contributed by atoms with Crippen molar-refractivity contribution < 1.29 is 4.74 Å². The maximum absolute atomic E-state index is 5.40. The van der Waals surface area contributed by atoms with E-state index < -0.39 is 0 Å². The smallest absolute Gasteiger partial charge is 0.153 e. The first-order chi connectivity index (χ1) is 15.2. The van der Waals surface area contributed by atoms with Gasteiger partial charge in [0.15, 0.2) is 5.82 Å². The van der Waals surface area contributed by atoms with E-state index in [4.69, 9.17) is 9.72 Å². The normalized spacial score (nSPS) is 26.2. The summed E-state index contributed by atoms with van der Waals surface area (Å²) in [5.74, 6) is 3.16. The first-order valence-corrected chi connectivity index (χ1v) is 11.4. The molecule has 8 heteroatoms. The molecule has 3 saturated heterocycles. The zero-order valence-electron chi connectivity index (χ0n) is 17.8. The third-order valence-corrected chi connectivity index (χ3v) is 6.96. The molecule has 6 heterocycles. The highest BCUT2D eigenvalue weighted by atomic mass is 16.5. The molecule has 162 valence electrons. The molecule has 3 aromatic heterocycles. The van der Waals surface area contributed by atoms with Crippen LogP contribution in [0.5, 0.6) is 0 Å². The number of hydrogen-bond acceptors (Lipinski definition) is 7. The summed E-state index contributed by atoms with van der Waals surface area (Å²) in [7, 11) is 0. The summed E-state index contributed by atoms with van der Waals surface area (Å²) in [6.07, 6.45) is 6.80. The van der Waals surface area contributed by atoms with Gasteiger partial charge in [-0.15, -0.1) is 0 Å². The Morgan fingerprint density at radius 1 is 1.16 bits per heavy atom. The number of aryl methyl sites for hydroxylation is 1. The van der Waals surface area contributed by atoms with Crippen LogP contribution in [0.1, 0.15) is 31.4 Å². The zero-order valence-corrected chi connectivity index (χ0v) is 17.8. The quantitative estimate of drug-likeness (QED) is 0.564. The Balaban J connectivity index is 1.22. The summed E-state index contributed by atoms with van der Waals surface area (Å²) in [6.45, 7) is 5.07. The van der Waals surface area contributed by atoms with Crippen molar-refractivity contribution in [2.45, 2.75) is 50.7 Å². The average molecular weight is 420 g/mol. The maximum atomic E-state index is 5.40. The molecule has 3 aliphatic heterocycles. The van der Waals surface area contributed by atoms with Gasteiger partial charge in [-0.1, -0.05) is 0 Å². The number of aromatic nitrogens is 4. The number of anilines is 3. The third-order valence-electron chi connectivity index (χ3n) is 6.96. The van der Waals surface area contributed by atoms with E-state index in [0.717, 1.165) is 53.2 Å². The lowest BCUT2D eigenvalue weighted by molar-refractivity contribution is -0.0568. The fraction of sp³-hybridized carbons (Fsp3) is 0.522. The lowest BCUT2D eigenvalue weighted by Gasteiger charge is -2.42. The molecule has 3 aromatic rings. The van der Waals surface area contributed by atoms with Crippen LogP contribution in [0.4, 0.5) is 17.5 Å². The van der Waals surface area contributed by atoms with Gasteiger partial charge < -0.3 is 15.4 Å². The summed E-state index contributed by atoms with van der Waals surface area (Å²) in [6, 6.07) is 9.82. The Morgan fingerprint density at radius 3 is 2.71 bits per heavy atom.